The van der Waals surface area contributed by atoms with Gasteiger partial charge in [-0.05, 0) is 43.0 Å². The molecule has 2 saturated heterocycles. The minimum absolute atomic E-state index is 0.0785. The Labute approximate surface area is 158 Å². The van der Waals surface area contributed by atoms with Gasteiger partial charge in [-0.15, -0.1) is 0 Å². The van der Waals surface area contributed by atoms with Crippen LogP contribution in [0.15, 0.2) is 36.5 Å². The van der Waals surface area contributed by atoms with Gasteiger partial charge in [0.05, 0.1) is 23.9 Å². The molecule has 1 amide bonds. The van der Waals surface area contributed by atoms with Gasteiger partial charge < -0.3 is 9.64 Å². The average molecular weight is 372 g/mol. The number of amides is 1. The number of rotatable bonds is 3. The van der Waals surface area contributed by atoms with Crippen LogP contribution in [0.5, 0.6) is 5.75 Å². The zero-order chi connectivity index (χ0) is 18.3. The van der Waals surface area contributed by atoms with Crippen LogP contribution < -0.4 is 10.1 Å². The molecule has 2 aliphatic heterocycles. The second kappa shape index (κ2) is 6.56. The zero-order valence-corrected chi connectivity index (χ0v) is 15.7. The van der Waals surface area contributed by atoms with Crippen molar-refractivity contribution in [2.75, 3.05) is 20.7 Å². The fourth-order valence-electron chi connectivity index (χ4n) is 4.09. The second-order valence-corrected chi connectivity index (χ2v) is 7.46. The molecule has 26 heavy (non-hydrogen) atoms. The summed E-state index contributed by atoms with van der Waals surface area (Å²) in [5.41, 5.74) is 2.45. The first-order valence-electron chi connectivity index (χ1n) is 8.86. The third-order valence-corrected chi connectivity index (χ3v) is 5.96. The topological polar surface area (TPSA) is 54.5 Å². The number of ether oxygens (including phenoxy) is 1. The van der Waals surface area contributed by atoms with E-state index in [9.17, 15) is 4.79 Å². The van der Waals surface area contributed by atoms with E-state index in [1.165, 1.54) is 0 Å². The van der Waals surface area contributed by atoms with E-state index in [1.54, 1.807) is 13.3 Å². The molecule has 1 N–H and O–H groups in total. The Bertz CT molecular complexity index is 857. The summed E-state index contributed by atoms with van der Waals surface area (Å²) in [5.74, 6) is 0.854. The summed E-state index contributed by atoms with van der Waals surface area (Å²) in [4.78, 5) is 18.9. The maximum absolute atomic E-state index is 12.5. The van der Waals surface area contributed by atoms with Gasteiger partial charge in [0.1, 0.15) is 11.3 Å². The van der Waals surface area contributed by atoms with Gasteiger partial charge in [-0.3, -0.25) is 15.1 Å². The lowest BCUT2D eigenvalue weighted by Gasteiger charge is -2.23. The van der Waals surface area contributed by atoms with Crippen molar-refractivity contribution in [3.8, 4) is 16.9 Å². The van der Waals surface area contributed by atoms with E-state index >= 15 is 0 Å². The van der Waals surface area contributed by atoms with Gasteiger partial charge in [0.15, 0.2) is 0 Å². The summed E-state index contributed by atoms with van der Waals surface area (Å²) in [5, 5.41) is 4.16. The summed E-state index contributed by atoms with van der Waals surface area (Å²) in [6.07, 6.45) is 4.42. The Kier molecular flexibility index (Phi) is 4.37. The van der Waals surface area contributed by atoms with Crippen LogP contribution in [0.4, 0.5) is 0 Å². The summed E-state index contributed by atoms with van der Waals surface area (Å²) >= 11 is 6.48. The maximum Gasteiger partial charge on any atom is 0.242 e. The summed E-state index contributed by atoms with van der Waals surface area (Å²) in [7, 11) is 3.48. The molecule has 2 aromatic rings. The number of halogens is 1. The average Bonchev–Trinajstić information content (AvgIpc) is 3.22. The molecule has 0 bridgehead atoms. The minimum atomic E-state index is -0.412. The highest BCUT2D eigenvalue weighted by molar-refractivity contribution is 6.34. The van der Waals surface area contributed by atoms with Gasteiger partial charge >= 0.3 is 0 Å². The SMILES string of the molecule is COc1cccc(-c2ccnc(C3CC[C@@]4(CCN(C)C4=O)N3)c2)c1Cl. The molecule has 2 fully saturated rings. The van der Waals surface area contributed by atoms with Crippen LogP contribution in [0.25, 0.3) is 11.1 Å². The first kappa shape index (κ1) is 17.3. The van der Waals surface area contributed by atoms with Gasteiger partial charge in [-0.2, -0.15) is 0 Å². The molecular formula is C20H22ClN3O2. The van der Waals surface area contributed by atoms with Crippen LogP contribution in [0, 0.1) is 0 Å². The molecular weight excluding hydrogens is 350 g/mol. The fraction of sp³-hybridized carbons (Fsp3) is 0.400. The zero-order valence-electron chi connectivity index (χ0n) is 15.0. The predicted molar refractivity (Wildman–Crippen MR) is 101 cm³/mol. The lowest BCUT2D eigenvalue weighted by atomic mass is 9.96. The van der Waals surface area contributed by atoms with Crippen LogP contribution in [0.1, 0.15) is 31.0 Å². The fourth-order valence-corrected chi connectivity index (χ4v) is 4.40. The van der Waals surface area contributed by atoms with Crippen molar-refractivity contribution in [2.45, 2.75) is 30.8 Å². The molecule has 1 aromatic heterocycles. The first-order chi connectivity index (χ1) is 12.5. The minimum Gasteiger partial charge on any atom is -0.495 e. The van der Waals surface area contributed by atoms with Crippen molar-refractivity contribution in [3.63, 3.8) is 0 Å². The van der Waals surface area contributed by atoms with E-state index in [0.29, 0.717) is 10.8 Å². The molecule has 136 valence electrons. The molecule has 0 radical (unpaired) electrons. The number of carbonyl (C=O) groups excluding carboxylic acids is 1. The molecule has 0 saturated carbocycles. The third kappa shape index (κ3) is 2.75. The summed E-state index contributed by atoms with van der Waals surface area (Å²) in [6.45, 7) is 0.811. The number of hydrogen-bond donors (Lipinski definition) is 1. The lowest BCUT2D eigenvalue weighted by Crippen LogP contribution is -2.47. The standard InChI is InChI=1S/C20H22ClN3O2/c1-24-11-9-20(19(24)25)8-6-15(23-20)16-12-13(7-10-22-16)14-4-3-5-17(26-2)18(14)21/h3-5,7,10,12,15,23H,6,8-9,11H2,1-2H3/t15?,20-/m0/s1. The monoisotopic (exact) mass is 371 g/mol. The van der Waals surface area contributed by atoms with Crippen LogP contribution in [-0.2, 0) is 4.79 Å². The molecule has 4 rings (SSSR count). The van der Waals surface area contributed by atoms with Crippen molar-refractivity contribution in [1.82, 2.24) is 15.2 Å². The van der Waals surface area contributed by atoms with Crippen LogP contribution in [-0.4, -0.2) is 42.0 Å². The maximum atomic E-state index is 12.5. The van der Waals surface area contributed by atoms with Crippen LogP contribution in [0.2, 0.25) is 5.02 Å². The summed E-state index contributed by atoms with van der Waals surface area (Å²) < 4.78 is 5.32. The number of likely N-dealkylation sites (N-methyl/N-ethyl adjacent to an activating group) is 1. The Morgan fingerprint density at radius 2 is 2.19 bits per heavy atom. The normalized spacial score (nSPS) is 25.3. The Morgan fingerprint density at radius 1 is 1.35 bits per heavy atom. The molecule has 0 aliphatic carbocycles. The largest absolute Gasteiger partial charge is 0.495 e. The third-order valence-electron chi connectivity index (χ3n) is 5.57. The molecule has 2 atom stereocenters. The number of carbonyl (C=O) groups is 1. The number of benzene rings is 1. The van der Waals surface area contributed by atoms with Crippen molar-refractivity contribution in [2.24, 2.45) is 0 Å². The highest BCUT2D eigenvalue weighted by Gasteiger charge is 2.50. The number of likely N-dealkylation sites (tertiary alicyclic amines) is 1. The highest BCUT2D eigenvalue weighted by atomic mass is 35.5. The smallest absolute Gasteiger partial charge is 0.242 e. The van der Waals surface area contributed by atoms with E-state index in [-0.39, 0.29) is 11.9 Å². The molecule has 1 unspecified atom stereocenters. The number of aromatic nitrogens is 1. The van der Waals surface area contributed by atoms with Crippen molar-refractivity contribution < 1.29 is 9.53 Å². The number of hydrogen-bond acceptors (Lipinski definition) is 4. The Morgan fingerprint density at radius 3 is 2.92 bits per heavy atom. The molecule has 1 aromatic carbocycles. The summed E-state index contributed by atoms with van der Waals surface area (Å²) in [6, 6.07) is 9.83. The van der Waals surface area contributed by atoms with Gasteiger partial charge in [0.2, 0.25) is 5.91 Å². The number of methoxy groups -OCH3 is 1. The molecule has 1 spiro atoms. The highest BCUT2D eigenvalue weighted by Crippen LogP contribution is 2.40. The first-order valence-corrected chi connectivity index (χ1v) is 9.24. The van der Waals surface area contributed by atoms with Crippen molar-refractivity contribution >= 4 is 17.5 Å². The molecule has 2 aliphatic rings. The van der Waals surface area contributed by atoms with E-state index in [0.717, 1.165) is 42.6 Å². The lowest BCUT2D eigenvalue weighted by molar-refractivity contribution is -0.131. The van der Waals surface area contributed by atoms with Crippen LogP contribution in [0.3, 0.4) is 0 Å². The quantitative estimate of drug-likeness (QED) is 0.898. The van der Waals surface area contributed by atoms with E-state index in [1.807, 2.05) is 36.2 Å². The Balaban J connectivity index is 1.63. The predicted octanol–water partition coefficient (Wildman–Crippen LogP) is 3.44. The van der Waals surface area contributed by atoms with Gasteiger partial charge in [0, 0.05) is 25.4 Å². The van der Waals surface area contributed by atoms with E-state index < -0.39 is 5.54 Å². The van der Waals surface area contributed by atoms with Gasteiger partial charge in [-0.1, -0.05) is 23.7 Å². The van der Waals surface area contributed by atoms with Crippen LogP contribution >= 0.6 is 11.6 Å². The van der Waals surface area contributed by atoms with Gasteiger partial charge in [-0.25, -0.2) is 0 Å². The van der Waals surface area contributed by atoms with Crippen molar-refractivity contribution in [1.29, 1.82) is 0 Å². The molecule has 3 heterocycles. The second-order valence-electron chi connectivity index (χ2n) is 7.09. The number of nitrogens with one attached hydrogen (secondary N) is 1. The Hall–Kier alpha value is -2.11. The molecule has 5 nitrogen and oxygen atoms in total. The van der Waals surface area contributed by atoms with E-state index in [2.05, 4.69) is 16.4 Å². The van der Waals surface area contributed by atoms with Gasteiger partial charge in [0.25, 0.3) is 0 Å². The van der Waals surface area contributed by atoms with Crippen molar-refractivity contribution in [3.05, 3.63) is 47.2 Å². The molecule has 6 heteroatoms. The number of nitrogens with zero attached hydrogens (tertiary/aromatic N) is 2. The number of pyridine rings is 1. The van der Waals surface area contributed by atoms with E-state index in [4.69, 9.17) is 16.3 Å².